The van der Waals surface area contributed by atoms with Crippen LogP contribution in [0.2, 0.25) is 0 Å². The first-order chi connectivity index (χ1) is 32.2. The highest BCUT2D eigenvalue weighted by Gasteiger charge is 2.41. The Balaban J connectivity index is 1.09. The number of benzene rings is 8. The highest BCUT2D eigenvalue weighted by Crippen LogP contribution is 2.55. The van der Waals surface area contributed by atoms with Gasteiger partial charge in [-0.2, -0.15) is 9.97 Å². The van der Waals surface area contributed by atoms with Gasteiger partial charge >= 0.3 is 0 Å². The zero-order valence-electron chi connectivity index (χ0n) is 39.5. The lowest BCUT2D eigenvalue weighted by molar-refractivity contribution is 0.660. The van der Waals surface area contributed by atoms with Gasteiger partial charge in [0.05, 0.1) is 0 Å². The monoisotopic (exact) mass is 864 g/mol. The Morgan fingerprint density at radius 3 is 1.18 bits per heavy atom. The lowest BCUT2D eigenvalue weighted by Gasteiger charge is -2.28. The van der Waals surface area contributed by atoms with Crippen molar-refractivity contribution in [2.75, 3.05) is 4.90 Å². The zero-order valence-corrected chi connectivity index (χ0v) is 39.5. The molecule has 0 spiro atoms. The van der Waals surface area contributed by atoms with Gasteiger partial charge in [0.2, 0.25) is 5.95 Å². The molecule has 0 aliphatic heterocycles. The number of fused-ring (bicyclic) bond motifs is 12. The van der Waals surface area contributed by atoms with Gasteiger partial charge in [0.25, 0.3) is 0 Å². The third kappa shape index (κ3) is 5.44. The minimum atomic E-state index is -0.279. The Kier molecular flexibility index (Phi) is 8.08. The van der Waals surface area contributed by atoms with E-state index in [1.165, 1.54) is 89.0 Å². The van der Waals surface area contributed by atoms with Crippen molar-refractivity contribution in [3.05, 3.63) is 214 Å². The summed E-state index contributed by atoms with van der Waals surface area (Å²) < 4.78 is 0. The molecule has 1 heterocycles. The molecule has 4 aliphatic carbocycles. The first kappa shape index (κ1) is 39.9. The van der Waals surface area contributed by atoms with Gasteiger partial charge < -0.3 is 0 Å². The van der Waals surface area contributed by atoms with Crippen LogP contribution in [0.5, 0.6) is 0 Å². The Labute approximate surface area is 394 Å². The largest absolute Gasteiger partial charge is 0.279 e. The van der Waals surface area contributed by atoms with Gasteiger partial charge in [0.1, 0.15) is 0 Å². The van der Waals surface area contributed by atoms with Gasteiger partial charge in [-0.3, -0.25) is 4.90 Å². The van der Waals surface area contributed by atoms with E-state index in [2.05, 4.69) is 230 Å². The molecule has 324 valence electrons. The van der Waals surface area contributed by atoms with E-state index in [0.717, 1.165) is 22.5 Å². The van der Waals surface area contributed by atoms with Gasteiger partial charge in [0.15, 0.2) is 11.6 Å². The molecule has 0 amide bonds. The van der Waals surface area contributed by atoms with Crippen molar-refractivity contribution in [3.63, 3.8) is 0 Å². The minimum absolute atomic E-state index is 0.122. The molecule has 0 saturated carbocycles. The first-order valence-corrected chi connectivity index (χ1v) is 23.8. The molecular formula is C63H52N4. The van der Waals surface area contributed by atoms with Crippen molar-refractivity contribution in [3.8, 4) is 67.3 Å². The molecule has 67 heavy (non-hydrogen) atoms. The average molecular weight is 865 g/mol. The second kappa shape index (κ2) is 13.6. The van der Waals surface area contributed by atoms with Crippen molar-refractivity contribution in [2.45, 2.75) is 77.0 Å². The lowest BCUT2D eigenvalue weighted by Crippen LogP contribution is -2.19. The van der Waals surface area contributed by atoms with Crippen LogP contribution in [0.25, 0.3) is 67.3 Å². The first-order valence-electron chi connectivity index (χ1n) is 23.8. The Bertz CT molecular complexity index is 3500. The van der Waals surface area contributed by atoms with Crippen LogP contribution in [0.15, 0.2) is 170 Å². The van der Waals surface area contributed by atoms with Crippen molar-refractivity contribution >= 4 is 17.3 Å². The molecule has 4 nitrogen and oxygen atoms in total. The molecule has 0 saturated heterocycles. The lowest BCUT2D eigenvalue weighted by atomic mass is 9.80. The van der Waals surface area contributed by atoms with E-state index in [9.17, 15) is 0 Å². The predicted molar refractivity (Wildman–Crippen MR) is 276 cm³/mol. The molecule has 13 rings (SSSR count). The predicted octanol–water partition coefficient (Wildman–Crippen LogP) is 15.9. The summed E-state index contributed by atoms with van der Waals surface area (Å²) in [5.41, 5.74) is 23.9. The maximum absolute atomic E-state index is 5.66. The van der Waals surface area contributed by atoms with Crippen LogP contribution in [0.4, 0.5) is 17.3 Å². The molecule has 0 radical (unpaired) electrons. The quantitative estimate of drug-likeness (QED) is 0.173. The number of hydrogen-bond donors (Lipinski definition) is 0. The summed E-state index contributed by atoms with van der Waals surface area (Å²) in [5, 5.41) is 0. The Morgan fingerprint density at radius 1 is 0.299 bits per heavy atom. The SMILES string of the molecule is CC1(C)c2ccccc2-c2cc(-c3nc(-c4cccc5c4C(C)(C)c4ccccc4-5)nc(N(c4ccc5c(c4)-c4ccccc4C5(C)C)c4ccc5c(c4)-c4ccccc4C5(C)C)n3)ccc21. The molecule has 0 N–H and O–H groups in total. The normalized spacial score (nSPS) is 16.2. The maximum atomic E-state index is 5.66. The van der Waals surface area contributed by atoms with E-state index >= 15 is 0 Å². The van der Waals surface area contributed by atoms with Crippen LogP contribution in [-0.2, 0) is 21.7 Å². The maximum Gasteiger partial charge on any atom is 0.238 e. The highest BCUT2D eigenvalue weighted by molar-refractivity contribution is 5.91. The standard InChI is InChI=1S/C63H52N4/c1-60(2)49-24-13-10-19-41(49)46-34-37(28-31-53(46)60)57-64-58(45-23-17-22-44-40-18-9-16-27-52(40)63(7,8)56(44)45)66-59(65-57)67(38-29-32-54-47(35-38)42-20-11-14-25-50(42)61(54,3)4)39-30-33-55-48(36-39)43-21-12-15-26-51(43)62(55,5)6/h9-36H,1-8H3. The molecule has 4 heteroatoms. The third-order valence-corrected chi connectivity index (χ3v) is 16.1. The second-order valence-corrected chi connectivity index (χ2v) is 21.2. The molecule has 0 atom stereocenters. The smallest absolute Gasteiger partial charge is 0.238 e. The highest BCUT2D eigenvalue weighted by atomic mass is 15.3. The van der Waals surface area contributed by atoms with E-state index in [-0.39, 0.29) is 21.7 Å². The fourth-order valence-electron chi connectivity index (χ4n) is 12.7. The molecule has 0 unspecified atom stereocenters. The summed E-state index contributed by atoms with van der Waals surface area (Å²) in [6, 6.07) is 62.8. The van der Waals surface area contributed by atoms with Gasteiger partial charge in [-0.1, -0.05) is 195 Å². The molecule has 0 bridgehead atoms. The number of nitrogens with zero attached hydrogens (tertiary/aromatic N) is 4. The number of rotatable bonds is 5. The summed E-state index contributed by atoms with van der Waals surface area (Å²) in [5.74, 6) is 1.87. The minimum Gasteiger partial charge on any atom is -0.279 e. The van der Waals surface area contributed by atoms with Crippen molar-refractivity contribution in [2.24, 2.45) is 0 Å². The molecule has 9 aromatic rings. The fraction of sp³-hybridized carbons (Fsp3) is 0.190. The van der Waals surface area contributed by atoms with Crippen LogP contribution in [-0.4, -0.2) is 15.0 Å². The Hall–Kier alpha value is -7.43. The molecule has 4 aliphatic rings. The third-order valence-electron chi connectivity index (χ3n) is 16.1. The summed E-state index contributed by atoms with van der Waals surface area (Å²) in [6.45, 7) is 18.7. The van der Waals surface area contributed by atoms with Gasteiger partial charge in [-0.25, -0.2) is 4.98 Å². The second-order valence-electron chi connectivity index (χ2n) is 21.2. The van der Waals surface area contributed by atoms with Crippen LogP contribution in [0, 0.1) is 0 Å². The van der Waals surface area contributed by atoms with E-state index in [1.54, 1.807) is 0 Å². The number of aromatic nitrogens is 3. The van der Waals surface area contributed by atoms with Crippen molar-refractivity contribution in [1.82, 2.24) is 15.0 Å². The fourth-order valence-corrected chi connectivity index (χ4v) is 12.7. The topological polar surface area (TPSA) is 41.9 Å². The summed E-state index contributed by atoms with van der Waals surface area (Å²) in [4.78, 5) is 19.1. The molecule has 0 fully saturated rings. The van der Waals surface area contributed by atoms with Gasteiger partial charge in [0, 0.05) is 44.2 Å². The summed E-state index contributed by atoms with van der Waals surface area (Å²) in [7, 11) is 0. The average Bonchev–Trinajstić information content (AvgIpc) is 3.91. The van der Waals surface area contributed by atoms with Crippen LogP contribution in [0.3, 0.4) is 0 Å². The molecular weight excluding hydrogens is 813 g/mol. The van der Waals surface area contributed by atoms with E-state index in [4.69, 9.17) is 15.0 Å². The number of hydrogen-bond acceptors (Lipinski definition) is 4. The van der Waals surface area contributed by atoms with Gasteiger partial charge in [-0.15, -0.1) is 0 Å². The summed E-state index contributed by atoms with van der Waals surface area (Å²) >= 11 is 0. The number of anilines is 3. The van der Waals surface area contributed by atoms with Crippen LogP contribution >= 0.6 is 0 Å². The van der Waals surface area contributed by atoms with Crippen molar-refractivity contribution < 1.29 is 0 Å². The van der Waals surface area contributed by atoms with E-state index < -0.39 is 0 Å². The molecule has 8 aromatic carbocycles. The zero-order chi connectivity index (χ0) is 45.8. The van der Waals surface area contributed by atoms with Crippen LogP contribution in [0.1, 0.15) is 99.9 Å². The Morgan fingerprint density at radius 2 is 0.672 bits per heavy atom. The van der Waals surface area contributed by atoms with E-state index in [1.807, 2.05) is 0 Å². The van der Waals surface area contributed by atoms with Gasteiger partial charge in [-0.05, 0) is 119 Å². The van der Waals surface area contributed by atoms with Crippen molar-refractivity contribution in [1.29, 1.82) is 0 Å². The van der Waals surface area contributed by atoms with E-state index in [0.29, 0.717) is 17.6 Å². The summed E-state index contributed by atoms with van der Waals surface area (Å²) in [6.07, 6.45) is 0. The van der Waals surface area contributed by atoms with Crippen LogP contribution < -0.4 is 4.90 Å². The molecule has 1 aromatic heterocycles.